The molecule has 0 aliphatic rings. The lowest BCUT2D eigenvalue weighted by molar-refractivity contribution is 0.0527. The molecule has 0 atom stereocenters. The first-order valence-corrected chi connectivity index (χ1v) is 6.58. The van der Waals surface area contributed by atoms with E-state index in [0.29, 0.717) is 23.5 Å². The molecule has 0 spiro atoms. The van der Waals surface area contributed by atoms with Crippen LogP contribution in [0, 0.1) is 0 Å². The van der Waals surface area contributed by atoms with E-state index < -0.39 is 5.97 Å². The van der Waals surface area contributed by atoms with Crippen molar-refractivity contribution < 1.29 is 9.53 Å². The number of carbonyl (C=O) groups excluding carboxylic acids is 1. The summed E-state index contributed by atoms with van der Waals surface area (Å²) in [6, 6.07) is 12.7. The van der Waals surface area contributed by atoms with Crippen LogP contribution in [0.3, 0.4) is 0 Å². The Labute approximate surface area is 121 Å². The fraction of sp³-hybridized carbons (Fsp3) is 0.133. The molecule has 0 bridgehead atoms. The second-order valence-corrected chi connectivity index (χ2v) is 4.45. The Bertz CT molecular complexity index is 810. The molecule has 3 rings (SSSR count). The summed E-state index contributed by atoms with van der Waals surface area (Å²) in [5.74, 6) is -0.443. The number of ether oxygens (including phenoxy) is 1. The summed E-state index contributed by atoms with van der Waals surface area (Å²) >= 11 is 0. The van der Waals surface area contributed by atoms with Gasteiger partial charge in [0.25, 0.3) is 0 Å². The van der Waals surface area contributed by atoms with Crippen LogP contribution in [0.5, 0.6) is 0 Å². The van der Waals surface area contributed by atoms with Crippen LogP contribution in [0.1, 0.15) is 17.3 Å². The number of esters is 1. The lowest BCUT2D eigenvalue weighted by Crippen LogP contribution is -2.11. The van der Waals surface area contributed by atoms with Crippen LogP contribution in [0.4, 0.5) is 5.69 Å². The lowest BCUT2D eigenvalue weighted by Gasteiger charge is -2.10. The topological polar surface area (TPSA) is 83.0 Å². The first kappa shape index (κ1) is 13.1. The molecule has 0 unspecified atom stereocenters. The second kappa shape index (κ2) is 5.24. The van der Waals surface area contributed by atoms with Gasteiger partial charge in [0, 0.05) is 0 Å². The Hall–Kier alpha value is -2.89. The average Bonchev–Trinajstić information content (AvgIpc) is 2.91. The van der Waals surface area contributed by atoms with Gasteiger partial charge < -0.3 is 10.5 Å². The van der Waals surface area contributed by atoms with Gasteiger partial charge >= 0.3 is 5.97 Å². The second-order valence-electron chi connectivity index (χ2n) is 4.45. The molecule has 6 heteroatoms. The molecular weight excluding hydrogens is 268 g/mol. The monoisotopic (exact) mass is 282 g/mol. The van der Waals surface area contributed by atoms with Crippen molar-refractivity contribution in [3.05, 3.63) is 48.0 Å². The number of aromatic nitrogens is 3. The minimum absolute atomic E-state index is 0.300. The Morgan fingerprint density at radius 2 is 2.05 bits per heavy atom. The van der Waals surface area contributed by atoms with Crippen LogP contribution in [0.2, 0.25) is 0 Å². The van der Waals surface area contributed by atoms with Crippen molar-refractivity contribution in [2.75, 3.05) is 12.3 Å². The standard InChI is InChI=1S/C15H14N4O2/c1-2-21-15(20)10-6-5-9-13(14(10)16)19-12-8-4-3-7-11(12)17-18-19/h3-9H,2,16H2,1H3. The number of hydrogen-bond donors (Lipinski definition) is 1. The zero-order valence-electron chi connectivity index (χ0n) is 11.5. The molecule has 1 aromatic heterocycles. The van der Waals surface area contributed by atoms with Crippen LogP contribution < -0.4 is 5.73 Å². The summed E-state index contributed by atoms with van der Waals surface area (Å²) < 4.78 is 6.62. The zero-order chi connectivity index (χ0) is 14.8. The molecule has 0 aliphatic carbocycles. The summed E-state index contributed by atoms with van der Waals surface area (Å²) in [6.07, 6.45) is 0. The van der Waals surface area contributed by atoms with Crippen molar-refractivity contribution in [2.45, 2.75) is 6.92 Å². The van der Waals surface area contributed by atoms with Gasteiger partial charge in [0.15, 0.2) is 0 Å². The van der Waals surface area contributed by atoms with Crippen LogP contribution in [-0.2, 0) is 4.74 Å². The maximum Gasteiger partial charge on any atom is 0.340 e. The number of rotatable bonds is 3. The fourth-order valence-corrected chi connectivity index (χ4v) is 2.17. The number of benzene rings is 2. The highest BCUT2D eigenvalue weighted by molar-refractivity contribution is 5.97. The van der Waals surface area contributed by atoms with Gasteiger partial charge in [-0.2, -0.15) is 0 Å². The largest absolute Gasteiger partial charge is 0.462 e. The van der Waals surface area contributed by atoms with Gasteiger partial charge in [0.2, 0.25) is 0 Å². The highest BCUT2D eigenvalue weighted by Crippen LogP contribution is 2.24. The van der Waals surface area contributed by atoms with E-state index in [9.17, 15) is 4.79 Å². The quantitative estimate of drug-likeness (QED) is 0.588. The smallest absolute Gasteiger partial charge is 0.340 e. The molecule has 0 fully saturated rings. The third kappa shape index (κ3) is 2.20. The number of nitrogen functional groups attached to an aromatic ring is 1. The molecular formula is C15H14N4O2. The first-order chi connectivity index (χ1) is 10.2. The van der Waals surface area contributed by atoms with Gasteiger partial charge in [0.05, 0.1) is 29.1 Å². The van der Waals surface area contributed by atoms with Gasteiger partial charge in [-0.25, -0.2) is 9.48 Å². The van der Waals surface area contributed by atoms with Crippen LogP contribution in [0.15, 0.2) is 42.5 Å². The van der Waals surface area contributed by atoms with E-state index in [1.165, 1.54) is 0 Å². The van der Waals surface area contributed by atoms with Crippen molar-refractivity contribution in [3.63, 3.8) is 0 Å². The highest BCUT2D eigenvalue weighted by atomic mass is 16.5. The fourth-order valence-electron chi connectivity index (χ4n) is 2.17. The lowest BCUT2D eigenvalue weighted by atomic mass is 10.1. The third-order valence-electron chi connectivity index (χ3n) is 3.16. The summed E-state index contributed by atoms with van der Waals surface area (Å²) in [4.78, 5) is 11.9. The summed E-state index contributed by atoms with van der Waals surface area (Å²) in [6.45, 7) is 2.05. The number of anilines is 1. The molecule has 2 N–H and O–H groups in total. The summed E-state index contributed by atoms with van der Waals surface area (Å²) in [5, 5.41) is 8.20. The molecule has 0 radical (unpaired) electrons. The van der Waals surface area contributed by atoms with E-state index in [1.54, 1.807) is 29.8 Å². The number of nitrogens with two attached hydrogens (primary N) is 1. The Morgan fingerprint density at radius 1 is 1.24 bits per heavy atom. The van der Waals surface area contributed by atoms with Crippen LogP contribution >= 0.6 is 0 Å². The maximum atomic E-state index is 11.9. The van der Waals surface area contributed by atoms with E-state index in [2.05, 4.69) is 10.3 Å². The molecule has 3 aromatic rings. The van der Waals surface area contributed by atoms with Gasteiger partial charge in [-0.05, 0) is 31.2 Å². The van der Waals surface area contributed by atoms with E-state index in [1.807, 2.05) is 24.3 Å². The van der Waals surface area contributed by atoms with Crippen molar-refractivity contribution in [1.82, 2.24) is 15.0 Å². The van der Waals surface area contributed by atoms with E-state index in [-0.39, 0.29) is 0 Å². The SMILES string of the molecule is CCOC(=O)c1cccc(-n2nnc3ccccc32)c1N. The Balaban J connectivity index is 2.15. The van der Waals surface area contributed by atoms with Gasteiger partial charge in [-0.1, -0.05) is 23.4 Å². The average molecular weight is 282 g/mol. The van der Waals surface area contributed by atoms with Gasteiger partial charge in [-0.15, -0.1) is 5.10 Å². The highest BCUT2D eigenvalue weighted by Gasteiger charge is 2.16. The molecule has 0 amide bonds. The summed E-state index contributed by atoms with van der Waals surface area (Å²) in [7, 11) is 0. The molecule has 1 heterocycles. The third-order valence-corrected chi connectivity index (χ3v) is 3.16. The zero-order valence-corrected chi connectivity index (χ0v) is 11.5. The van der Waals surface area contributed by atoms with Crippen molar-refractivity contribution in [3.8, 4) is 5.69 Å². The van der Waals surface area contributed by atoms with E-state index in [0.717, 1.165) is 11.0 Å². The predicted octanol–water partition coefficient (Wildman–Crippen LogP) is 2.18. The predicted molar refractivity (Wildman–Crippen MR) is 79.2 cm³/mol. The van der Waals surface area contributed by atoms with E-state index in [4.69, 9.17) is 10.5 Å². The number of carbonyl (C=O) groups is 1. The molecule has 0 saturated carbocycles. The molecule has 2 aromatic carbocycles. The minimum Gasteiger partial charge on any atom is -0.462 e. The van der Waals surface area contributed by atoms with Crippen molar-refractivity contribution >= 4 is 22.7 Å². The molecule has 6 nitrogen and oxygen atoms in total. The molecule has 21 heavy (non-hydrogen) atoms. The normalized spacial score (nSPS) is 10.7. The number of para-hydroxylation sites is 2. The minimum atomic E-state index is -0.443. The van der Waals surface area contributed by atoms with Crippen molar-refractivity contribution in [1.29, 1.82) is 0 Å². The molecule has 0 aliphatic heterocycles. The van der Waals surface area contributed by atoms with Gasteiger partial charge in [0.1, 0.15) is 5.52 Å². The molecule has 106 valence electrons. The van der Waals surface area contributed by atoms with Crippen LogP contribution in [0.25, 0.3) is 16.7 Å². The van der Waals surface area contributed by atoms with E-state index >= 15 is 0 Å². The molecule has 0 saturated heterocycles. The van der Waals surface area contributed by atoms with Crippen LogP contribution in [-0.4, -0.2) is 27.6 Å². The first-order valence-electron chi connectivity index (χ1n) is 6.58. The Morgan fingerprint density at radius 3 is 2.86 bits per heavy atom. The van der Waals surface area contributed by atoms with Crippen molar-refractivity contribution in [2.24, 2.45) is 0 Å². The number of fused-ring (bicyclic) bond motifs is 1. The van der Waals surface area contributed by atoms with Gasteiger partial charge in [-0.3, -0.25) is 0 Å². The summed E-state index contributed by atoms with van der Waals surface area (Å²) in [5.41, 5.74) is 8.95. The number of hydrogen-bond acceptors (Lipinski definition) is 5. The maximum absolute atomic E-state index is 11.9. The number of nitrogens with zero attached hydrogens (tertiary/aromatic N) is 3. The Kier molecular flexibility index (Phi) is 3.27.